The average Bonchev–Trinajstić information content (AvgIpc) is 2.68. The van der Waals surface area contributed by atoms with Crippen LogP contribution >= 0.6 is 11.8 Å². The molecular formula is C21H17F3N2OS. The van der Waals surface area contributed by atoms with Gasteiger partial charge in [0.1, 0.15) is 0 Å². The number of anilines is 1. The Morgan fingerprint density at radius 2 is 1.68 bits per heavy atom. The van der Waals surface area contributed by atoms with Gasteiger partial charge < -0.3 is 5.32 Å². The Bertz CT molecular complexity index is 911. The number of benzene rings is 2. The molecule has 0 spiro atoms. The van der Waals surface area contributed by atoms with Crippen LogP contribution in [0.25, 0.3) is 0 Å². The summed E-state index contributed by atoms with van der Waals surface area (Å²) in [6, 6.07) is 15.9. The number of hydrogen-bond donors (Lipinski definition) is 1. The standard InChI is InChI=1S/C21H17F3N2OS/c22-21(23,24)17-5-3-15(4-6-17)12-20(27)26-18-7-9-19(10-8-18)28-14-16-2-1-11-25-13-16/h1-11,13H,12,14H2,(H,26,27). The number of hydrogen-bond acceptors (Lipinski definition) is 3. The summed E-state index contributed by atoms with van der Waals surface area (Å²) in [7, 11) is 0. The van der Waals surface area contributed by atoms with E-state index in [2.05, 4.69) is 10.3 Å². The van der Waals surface area contributed by atoms with E-state index < -0.39 is 11.7 Å². The van der Waals surface area contributed by atoms with Crippen LogP contribution < -0.4 is 5.32 Å². The highest BCUT2D eigenvalue weighted by atomic mass is 32.2. The summed E-state index contributed by atoms with van der Waals surface area (Å²) in [4.78, 5) is 17.3. The van der Waals surface area contributed by atoms with Crippen molar-refractivity contribution in [2.45, 2.75) is 23.2 Å². The van der Waals surface area contributed by atoms with E-state index in [4.69, 9.17) is 0 Å². The van der Waals surface area contributed by atoms with Gasteiger partial charge in [0.25, 0.3) is 0 Å². The first kappa shape index (κ1) is 19.9. The number of carbonyl (C=O) groups excluding carboxylic acids is 1. The van der Waals surface area contributed by atoms with E-state index in [1.54, 1.807) is 30.1 Å². The fourth-order valence-electron chi connectivity index (χ4n) is 2.49. The van der Waals surface area contributed by atoms with Crippen LogP contribution in [-0.4, -0.2) is 10.9 Å². The van der Waals surface area contributed by atoms with Crippen molar-refractivity contribution in [3.63, 3.8) is 0 Å². The molecule has 0 aliphatic heterocycles. The van der Waals surface area contributed by atoms with Gasteiger partial charge in [-0.15, -0.1) is 11.8 Å². The molecule has 0 radical (unpaired) electrons. The maximum Gasteiger partial charge on any atom is 0.416 e. The summed E-state index contributed by atoms with van der Waals surface area (Å²) in [5.74, 6) is 0.517. The molecule has 0 atom stereocenters. The molecule has 0 bridgehead atoms. The minimum Gasteiger partial charge on any atom is -0.326 e. The lowest BCUT2D eigenvalue weighted by Crippen LogP contribution is -2.14. The van der Waals surface area contributed by atoms with Crippen LogP contribution in [0, 0.1) is 0 Å². The molecule has 3 aromatic rings. The van der Waals surface area contributed by atoms with Crippen LogP contribution in [0.5, 0.6) is 0 Å². The number of pyridine rings is 1. The van der Waals surface area contributed by atoms with E-state index in [1.165, 1.54) is 12.1 Å². The van der Waals surface area contributed by atoms with Gasteiger partial charge in [0.2, 0.25) is 5.91 Å². The van der Waals surface area contributed by atoms with Crippen molar-refractivity contribution in [3.8, 4) is 0 Å². The maximum atomic E-state index is 12.6. The van der Waals surface area contributed by atoms with E-state index >= 15 is 0 Å². The van der Waals surface area contributed by atoms with Gasteiger partial charge in [-0.25, -0.2) is 0 Å². The van der Waals surface area contributed by atoms with Gasteiger partial charge in [-0.3, -0.25) is 9.78 Å². The van der Waals surface area contributed by atoms with Gasteiger partial charge in [-0.05, 0) is 53.6 Å². The van der Waals surface area contributed by atoms with Gasteiger partial charge in [0.05, 0.1) is 12.0 Å². The molecule has 1 N–H and O–H groups in total. The molecule has 7 heteroatoms. The molecular weight excluding hydrogens is 385 g/mol. The number of thioether (sulfide) groups is 1. The van der Waals surface area contributed by atoms with Gasteiger partial charge in [0.15, 0.2) is 0 Å². The van der Waals surface area contributed by atoms with Crippen molar-refractivity contribution in [1.82, 2.24) is 4.98 Å². The second-order valence-corrected chi connectivity index (χ2v) is 7.14. The van der Waals surface area contributed by atoms with E-state index in [0.717, 1.165) is 28.3 Å². The zero-order valence-electron chi connectivity index (χ0n) is 14.7. The van der Waals surface area contributed by atoms with E-state index in [-0.39, 0.29) is 12.3 Å². The molecule has 0 fully saturated rings. The van der Waals surface area contributed by atoms with Crippen LogP contribution in [0.1, 0.15) is 16.7 Å². The number of nitrogens with zero attached hydrogens (tertiary/aromatic N) is 1. The maximum absolute atomic E-state index is 12.6. The molecule has 3 rings (SSSR count). The highest BCUT2D eigenvalue weighted by Gasteiger charge is 2.29. The summed E-state index contributed by atoms with van der Waals surface area (Å²) >= 11 is 1.66. The topological polar surface area (TPSA) is 42.0 Å². The molecule has 0 saturated heterocycles. The first-order valence-electron chi connectivity index (χ1n) is 8.48. The lowest BCUT2D eigenvalue weighted by Gasteiger charge is -2.09. The van der Waals surface area contributed by atoms with Crippen molar-refractivity contribution in [1.29, 1.82) is 0 Å². The Balaban J connectivity index is 1.51. The fraction of sp³-hybridized carbons (Fsp3) is 0.143. The third kappa shape index (κ3) is 5.85. The van der Waals surface area contributed by atoms with Crippen LogP contribution in [0.2, 0.25) is 0 Å². The predicted molar refractivity (Wildman–Crippen MR) is 104 cm³/mol. The largest absolute Gasteiger partial charge is 0.416 e. The molecule has 0 aliphatic carbocycles. The molecule has 144 valence electrons. The molecule has 0 saturated carbocycles. The zero-order chi connectivity index (χ0) is 20.0. The number of alkyl halides is 3. The van der Waals surface area contributed by atoms with E-state index in [1.807, 2.05) is 30.5 Å². The Labute approximate surface area is 165 Å². The SMILES string of the molecule is O=C(Cc1ccc(C(F)(F)F)cc1)Nc1ccc(SCc2cccnc2)cc1. The Morgan fingerprint density at radius 1 is 0.964 bits per heavy atom. The van der Waals surface area contributed by atoms with Crippen molar-refractivity contribution < 1.29 is 18.0 Å². The highest BCUT2D eigenvalue weighted by molar-refractivity contribution is 7.98. The molecule has 0 unspecified atom stereocenters. The minimum atomic E-state index is -4.38. The minimum absolute atomic E-state index is 0.00957. The summed E-state index contributed by atoms with van der Waals surface area (Å²) in [6.45, 7) is 0. The number of halogens is 3. The van der Waals surface area contributed by atoms with Gasteiger partial charge in [0, 0.05) is 28.7 Å². The van der Waals surface area contributed by atoms with Crippen LogP contribution in [0.4, 0.5) is 18.9 Å². The Hall–Kier alpha value is -2.80. The quantitative estimate of drug-likeness (QED) is 0.548. The summed E-state index contributed by atoms with van der Waals surface area (Å²) in [5.41, 5.74) is 1.56. The highest BCUT2D eigenvalue weighted by Crippen LogP contribution is 2.29. The number of amides is 1. The van der Waals surface area contributed by atoms with Crippen LogP contribution in [-0.2, 0) is 23.1 Å². The molecule has 1 aromatic heterocycles. The third-order valence-electron chi connectivity index (χ3n) is 3.91. The van der Waals surface area contributed by atoms with Gasteiger partial charge >= 0.3 is 6.18 Å². The predicted octanol–water partition coefficient (Wildman–Crippen LogP) is 5.57. The molecule has 0 aliphatic rings. The zero-order valence-corrected chi connectivity index (χ0v) is 15.6. The normalized spacial score (nSPS) is 11.2. The monoisotopic (exact) mass is 402 g/mol. The first-order chi connectivity index (χ1) is 13.4. The molecule has 1 amide bonds. The van der Waals surface area contributed by atoms with Gasteiger partial charge in [-0.1, -0.05) is 18.2 Å². The van der Waals surface area contributed by atoms with Crippen molar-refractivity contribution in [2.24, 2.45) is 0 Å². The molecule has 1 heterocycles. The number of nitrogens with one attached hydrogen (secondary N) is 1. The Morgan fingerprint density at radius 3 is 2.29 bits per heavy atom. The van der Waals surface area contributed by atoms with E-state index in [9.17, 15) is 18.0 Å². The van der Waals surface area contributed by atoms with Crippen LogP contribution in [0.3, 0.4) is 0 Å². The number of rotatable bonds is 6. The molecule has 28 heavy (non-hydrogen) atoms. The first-order valence-corrected chi connectivity index (χ1v) is 9.46. The lowest BCUT2D eigenvalue weighted by molar-refractivity contribution is -0.137. The summed E-state index contributed by atoms with van der Waals surface area (Å²) in [5, 5.41) is 2.76. The fourth-order valence-corrected chi connectivity index (χ4v) is 3.32. The summed E-state index contributed by atoms with van der Waals surface area (Å²) < 4.78 is 37.7. The van der Waals surface area contributed by atoms with Crippen molar-refractivity contribution >= 4 is 23.4 Å². The third-order valence-corrected chi connectivity index (χ3v) is 5.00. The Kier molecular flexibility index (Phi) is 6.36. The second-order valence-electron chi connectivity index (χ2n) is 6.09. The molecule has 2 aromatic carbocycles. The van der Waals surface area contributed by atoms with E-state index in [0.29, 0.717) is 11.3 Å². The smallest absolute Gasteiger partial charge is 0.326 e. The van der Waals surface area contributed by atoms with Crippen LogP contribution in [0.15, 0.2) is 78.0 Å². The van der Waals surface area contributed by atoms with Crippen molar-refractivity contribution in [3.05, 3.63) is 89.7 Å². The lowest BCUT2D eigenvalue weighted by atomic mass is 10.1. The number of aromatic nitrogens is 1. The second kappa shape index (κ2) is 8.93. The molecule has 3 nitrogen and oxygen atoms in total. The van der Waals surface area contributed by atoms with Crippen molar-refractivity contribution in [2.75, 3.05) is 5.32 Å². The summed E-state index contributed by atoms with van der Waals surface area (Å²) in [6.07, 6.45) is -0.813. The number of carbonyl (C=O) groups is 1. The average molecular weight is 402 g/mol. The van der Waals surface area contributed by atoms with Gasteiger partial charge in [-0.2, -0.15) is 13.2 Å².